The Kier molecular flexibility index (Phi) is 5.58. The molecule has 9 rings (SSSR count). The minimum absolute atomic E-state index is 0.105. The molecule has 0 bridgehead atoms. The Labute approximate surface area is 262 Å². The molecule has 0 spiro atoms. The maximum Gasteiger partial charge on any atom is 0.143 e. The standard InChI is InChI=1S/C43H31NO/c1-43(2)38-21-10-8-17-32(38)33-24-23-31(26-39(33)43)44(30-16-12-15-29(25-30)28-13-4-3-5-14-28)40-27-37-35-19-9-11-22-41(35)45-42(37)36-20-7-6-18-34(36)40/h3-27H,1-2H3. The maximum atomic E-state index is 6.49. The molecule has 0 saturated heterocycles. The summed E-state index contributed by atoms with van der Waals surface area (Å²) in [7, 11) is 0. The van der Waals surface area contributed by atoms with Crippen molar-refractivity contribution in [2.24, 2.45) is 0 Å². The van der Waals surface area contributed by atoms with E-state index in [0.717, 1.165) is 49.8 Å². The van der Waals surface area contributed by atoms with Crippen LogP contribution in [-0.4, -0.2) is 0 Å². The van der Waals surface area contributed by atoms with Crippen LogP contribution in [0.2, 0.25) is 0 Å². The fourth-order valence-corrected chi connectivity index (χ4v) is 7.43. The molecule has 0 aliphatic heterocycles. The molecule has 45 heavy (non-hydrogen) atoms. The van der Waals surface area contributed by atoms with Crippen LogP contribution in [0.15, 0.2) is 156 Å². The molecule has 1 heterocycles. The first-order chi connectivity index (χ1) is 22.1. The van der Waals surface area contributed by atoms with Crippen molar-refractivity contribution in [3.05, 3.63) is 163 Å². The van der Waals surface area contributed by atoms with E-state index in [1.54, 1.807) is 0 Å². The number of nitrogens with zero attached hydrogens (tertiary/aromatic N) is 1. The summed E-state index contributed by atoms with van der Waals surface area (Å²) in [6.07, 6.45) is 0. The van der Waals surface area contributed by atoms with Gasteiger partial charge in [0.2, 0.25) is 0 Å². The smallest absolute Gasteiger partial charge is 0.143 e. The van der Waals surface area contributed by atoms with Gasteiger partial charge in [0.15, 0.2) is 0 Å². The van der Waals surface area contributed by atoms with E-state index in [1.807, 2.05) is 6.07 Å². The first-order valence-corrected chi connectivity index (χ1v) is 15.6. The van der Waals surface area contributed by atoms with Crippen molar-refractivity contribution >= 4 is 49.8 Å². The van der Waals surface area contributed by atoms with Gasteiger partial charge >= 0.3 is 0 Å². The molecule has 0 atom stereocenters. The molecule has 0 radical (unpaired) electrons. The third-order valence-electron chi connectivity index (χ3n) is 9.64. The van der Waals surface area contributed by atoms with Crippen LogP contribution < -0.4 is 4.90 Å². The average molecular weight is 578 g/mol. The number of para-hydroxylation sites is 1. The fourth-order valence-electron chi connectivity index (χ4n) is 7.43. The molecule has 7 aromatic carbocycles. The molecule has 0 N–H and O–H groups in total. The molecule has 0 saturated carbocycles. The Morgan fingerprint density at radius 2 is 1.13 bits per heavy atom. The Bertz CT molecular complexity index is 2410. The van der Waals surface area contributed by atoms with Gasteiger partial charge in [-0.05, 0) is 69.8 Å². The predicted molar refractivity (Wildman–Crippen MR) is 189 cm³/mol. The van der Waals surface area contributed by atoms with Crippen LogP contribution in [0, 0.1) is 0 Å². The molecular formula is C43H31NO. The van der Waals surface area contributed by atoms with E-state index in [-0.39, 0.29) is 5.41 Å². The number of rotatable bonds is 4. The maximum absolute atomic E-state index is 6.49. The van der Waals surface area contributed by atoms with Crippen molar-refractivity contribution in [2.45, 2.75) is 19.3 Å². The third-order valence-corrected chi connectivity index (χ3v) is 9.64. The zero-order chi connectivity index (χ0) is 30.1. The molecule has 0 amide bonds. The van der Waals surface area contributed by atoms with Crippen molar-refractivity contribution in [3.63, 3.8) is 0 Å². The van der Waals surface area contributed by atoms with Gasteiger partial charge in [0.1, 0.15) is 11.2 Å². The van der Waals surface area contributed by atoms with E-state index in [0.29, 0.717) is 0 Å². The van der Waals surface area contributed by atoms with Crippen LogP contribution in [0.4, 0.5) is 17.1 Å². The molecule has 1 aliphatic rings. The zero-order valence-electron chi connectivity index (χ0n) is 25.3. The summed E-state index contributed by atoms with van der Waals surface area (Å²) in [5.41, 5.74) is 12.9. The summed E-state index contributed by atoms with van der Waals surface area (Å²) in [6.45, 7) is 4.70. The first-order valence-electron chi connectivity index (χ1n) is 15.6. The van der Waals surface area contributed by atoms with Crippen molar-refractivity contribution in [1.82, 2.24) is 0 Å². The molecule has 0 unspecified atom stereocenters. The number of anilines is 3. The van der Waals surface area contributed by atoms with Crippen LogP contribution in [0.25, 0.3) is 55.0 Å². The Morgan fingerprint density at radius 3 is 2.00 bits per heavy atom. The topological polar surface area (TPSA) is 16.4 Å². The summed E-state index contributed by atoms with van der Waals surface area (Å²) >= 11 is 0. The predicted octanol–water partition coefficient (Wildman–Crippen LogP) is 12.2. The molecule has 1 aromatic heterocycles. The lowest BCUT2D eigenvalue weighted by molar-refractivity contribution is 0.660. The fraction of sp³-hybridized carbons (Fsp3) is 0.0698. The van der Waals surface area contributed by atoms with Gasteiger partial charge in [0, 0.05) is 38.3 Å². The average Bonchev–Trinajstić information content (AvgIpc) is 3.58. The lowest BCUT2D eigenvalue weighted by Crippen LogP contribution is -2.16. The van der Waals surface area contributed by atoms with Crippen LogP contribution in [0.5, 0.6) is 0 Å². The molecule has 8 aromatic rings. The number of fused-ring (bicyclic) bond motifs is 8. The van der Waals surface area contributed by atoms with Crippen molar-refractivity contribution in [1.29, 1.82) is 0 Å². The second kappa shape index (κ2) is 9.70. The highest BCUT2D eigenvalue weighted by molar-refractivity contribution is 6.19. The SMILES string of the molecule is CC1(C)c2ccccc2-c2ccc(N(c3cccc(-c4ccccc4)c3)c3cc4c5ccccc5oc4c4ccccc34)cc21. The molecule has 2 heteroatoms. The highest BCUT2D eigenvalue weighted by Crippen LogP contribution is 2.51. The van der Waals surface area contributed by atoms with Gasteiger partial charge in [-0.1, -0.05) is 129 Å². The zero-order valence-corrected chi connectivity index (χ0v) is 25.3. The second-order valence-corrected chi connectivity index (χ2v) is 12.6. The normalized spacial score (nSPS) is 13.3. The van der Waals surface area contributed by atoms with E-state index < -0.39 is 0 Å². The van der Waals surface area contributed by atoms with Gasteiger partial charge in [0.05, 0.1) is 5.69 Å². The molecule has 1 aliphatic carbocycles. The number of benzene rings is 7. The third kappa shape index (κ3) is 3.89. The molecule has 214 valence electrons. The van der Waals surface area contributed by atoms with E-state index in [4.69, 9.17) is 4.42 Å². The summed E-state index contributed by atoms with van der Waals surface area (Å²) < 4.78 is 6.49. The van der Waals surface area contributed by atoms with Gasteiger partial charge in [0.25, 0.3) is 0 Å². The van der Waals surface area contributed by atoms with Crippen LogP contribution in [-0.2, 0) is 5.41 Å². The van der Waals surface area contributed by atoms with Crippen LogP contribution in [0.1, 0.15) is 25.0 Å². The quantitative estimate of drug-likeness (QED) is 0.207. The number of hydrogen-bond acceptors (Lipinski definition) is 2. The number of furan rings is 1. The molecule has 0 fully saturated rings. The second-order valence-electron chi connectivity index (χ2n) is 12.6. The van der Waals surface area contributed by atoms with Gasteiger partial charge < -0.3 is 9.32 Å². The summed E-state index contributed by atoms with van der Waals surface area (Å²) in [5, 5.41) is 4.51. The largest absolute Gasteiger partial charge is 0.455 e. The van der Waals surface area contributed by atoms with Gasteiger partial charge in [-0.3, -0.25) is 0 Å². The lowest BCUT2D eigenvalue weighted by atomic mass is 9.82. The van der Waals surface area contributed by atoms with Crippen LogP contribution in [0.3, 0.4) is 0 Å². The molecular weight excluding hydrogens is 546 g/mol. The summed E-state index contributed by atoms with van der Waals surface area (Å²) in [6, 6.07) is 54.7. The molecule has 2 nitrogen and oxygen atoms in total. The van der Waals surface area contributed by atoms with E-state index >= 15 is 0 Å². The minimum Gasteiger partial charge on any atom is -0.455 e. The minimum atomic E-state index is -0.105. The van der Waals surface area contributed by atoms with E-state index in [1.165, 1.54) is 33.4 Å². The Balaban J connectivity index is 1.34. The lowest BCUT2D eigenvalue weighted by Gasteiger charge is -2.29. The van der Waals surface area contributed by atoms with Gasteiger partial charge in [-0.25, -0.2) is 0 Å². The van der Waals surface area contributed by atoms with Crippen LogP contribution >= 0.6 is 0 Å². The van der Waals surface area contributed by atoms with Crippen molar-refractivity contribution in [2.75, 3.05) is 4.90 Å². The van der Waals surface area contributed by atoms with Gasteiger partial charge in [-0.15, -0.1) is 0 Å². The summed E-state index contributed by atoms with van der Waals surface area (Å²) in [5.74, 6) is 0. The highest BCUT2D eigenvalue weighted by atomic mass is 16.3. The van der Waals surface area contributed by atoms with Crippen molar-refractivity contribution < 1.29 is 4.42 Å². The van der Waals surface area contributed by atoms with Gasteiger partial charge in [-0.2, -0.15) is 0 Å². The summed E-state index contributed by atoms with van der Waals surface area (Å²) in [4.78, 5) is 2.44. The Hall–Kier alpha value is -5.60. The van der Waals surface area contributed by atoms with E-state index in [2.05, 4.69) is 164 Å². The number of hydrogen-bond donors (Lipinski definition) is 0. The highest BCUT2D eigenvalue weighted by Gasteiger charge is 2.36. The van der Waals surface area contributed by atoms with E-state index in [9.17, 15) is 0 Å². The van der Waals surface area contributed by atoms with Crippen molar-refractivity contribution in [3.8, 4) is 22.3 Å². The monoisotopic (exact) mass is 577 g/mol. The Morgan fingerprint density at radius 1 is 0.467 bits per heavy atom. The first kappa shape index (κ1) is 25.9.